The fourth-order valence-corrected chi connectivity index (χ4v) is 4.63. The Kier molecular flexibility index (Phi) is 8.67. The Balaban J connectivity index is 1.38. The topological polar surface area (TPSA) is 114 Å². The first-order valence-corrected chi connectivity index (χ1v) is 12.8. The van der Waals surface area contributed by atoms with E-state index in [-0.39, 0.29) is 17.4 Å². The van der Waals surface area contributed by atoms with E-state index in [0.29, 0.717) is 28.4 Å². The lowest BCUT2D eigenvalue weighted by Crippen LogP contribution is -2.36. The highest BCUT2D eigenvalue weighted by Crippen LogP contribution is 2.34. The number of ether oxygens (including phenoxy) is 2. The summed E-state index contributed by atoms with van der Waals surface area (Å²) in [5.41, 5.74) is 3.78. The third kappa shape index (κ3) is 7.05. The first-order valence-electron chi connectivity index (χ1n) is 12.0. The van der Waals surface area contributed by atoms with Crippen LogP contribution in [0.3, 0.4) is 0 Å². The van der Waals surface area contributed by atoms with Gasteiger partial charge in [0.1, 0.15) is 6.54 Å². The van der Waals surface area contributed by atoms with Crippen molar-refractivity contribution in [3.63, 3.8) is 0 Å². The first kappa shape index (κ1) is 27.5. The van der Waals surface area contributed by atoms with Gasteiger partial charge in [-0.15, -0.1) is 0 Å². The summed E-state index contributed by atoms with van der Waals surface area (Å²) in [6.07, 6.45) is 1.54. The van der Waals surface area contributed by atoms with Crippen LogP contribution in [0.2, 0.25) is 0 Å². The molecule has 39 heavy (non-hydrogen) atoms. The number of aryl methyl sites for hydroxylation is 2. The Hall–Kier alpha value is -4.57. The third-order valence-electron chi connectivity index (χ3n) is 5.74. The summed E-state index contributed by atoms with van der Waals surface area (Å²) >= 11 is 0.755. The monoisotopic (exact) mass is 545 g/mol. The molecule has 2 N–H and O–H groups in total. The van der Waals surface area contributed by atoms with E-state index >= 15 is 0 Å². The molecule has 0 unspecified atom stereocenters. The third-order valence-corrected chi connectivity index (χ3v) is 6.65. The molecular formula is C29H27N3O6S. The number of rotatable bonds is 9. The second-order valence-corrected chi connectivity index (χ2v) is 9.74. The maximum absolute atomic E-state index is 12.9. The fourth-order valence-electron chi connectivity index (χ4n) is 3.79. The summed E-state index contributed by atoms with van der Waals surface area (Å²) in [4.78, 5) is 51.2. The number of imide groups is 1. The molecule has 1 fully saturated rings. The van der Waals surface area contributed by atoms with Gasteiger partial charge >= 0.3 is 0 Å². The average Bonchev–Trinajstić information content (AvgIpc) is 3.16. The minimum absolute atomic E-state index is 0.177. The number of para-hydroxylation sites is 1. The number of nitrogens with zero attached hydrogens (tertiary/aromatic N) is 1. The smallest absolute Gasteiger partial charge is 0.294 e. The van der Waals surface area contributed by atoms with Crippen LogP contribution in [0.25, 0.3) is 6.08 Å². The number of anilines is 2. The second-order valence-electron chi connectivity index (χ2n) is 8.75. The quantitative estimate of drug-likeness (QED) is 0.364. The van der Waals surface area contributed by atoms with E-state index in [4.69, 9.17) is 9.47 Å². The number of benzene rings is 3. The maximum atomic E-state index is 12.9. The minimum atomic E-state index is -0.559. The minimum Gasteiger partial charge on any atom is -0.493 e. The van der Waals surface area contributed by atoms with Crippen LogP contribution in [0, 0.1) is 13.8 Å². The number of carbonyl (C=O) groups excluding carboxylic acids is 4. The van der Waals surface area contributed by atoms with Crippen LogP contribution in [0.1, 0.15) is 16.7 Å². The molecule has 0 bridgehead atoms. The van der Waals surface area contributed by atoms with E-state index in [2.05, 4.69) is 10.6 Å². The van der Waals surface area contributed by atoms with Gasteiger partial charge in [0.15, 0.2) is 18.1 Å². The van der Waals surface area contributed by atoms with Gasteiger partial charge in [-0.25, -0.2) is 0 Å². The molecule has 1 heterocycles. The zero-order chi connectivity index (χ0) is 27.9. The highest BCUT2D eigenvalue weighted by atomic mass is 32.2. The summed E-state index contributed by atoms with van der Waals surface area (Å²) < 4.78 is 11.0. The van der Waals surface area contributed by atoms with Crippen molar-refractivity contribution in [1.29, 1.82) is 0 Å². The summed E-state index contributed by atoms with van der Waals surface area (Å²) in [5.74, 6) is -0.661. The lowest BCUT2D eigenvalue weighted by Gasteiger charge is -2.13. The molecule has 200 valence electrons. The van der Waals surface area contributed by atoms with Crippen molar-refractivity contribution in [2.45, 2.75) is 13.8 Å². The highest BCUT2D eigenvalue weighted by molar-refractivity contribution is 8.18. The number of hydrogen-bond donors (Lipinski definition) is 2. The molecule has 0 spiro atoms. The van der Waals surface area contributed by atoms with Gasteiger partial charge in [-0.05, 0) is 78.7 Å². The number of hydrogen-bond acceptors (Lipinski definition) is 7. The van der Waals surface area contributed by atoms with Gasteiger partial charge in [0.25, 0.3) is 17.1 Å². The van der Waals surface area contributed by atoms with Crippen molar-refractivity contribution in [3.05, 3.63) is 88.3 Å². The van der Waals surface area contributed by atoms with E-state index in [9.17, 15) is 19.2 Å². The van der Waals surface area contributed by atoms with Crippen molar-refractivity contribution in [3.8, 4) is 11.5 Å². The average molecular weight is 546 g/mol. The standard InChI is InChI=1S/C29H27N3O6S/c1-18-7-6-9-21(13-18)30-26(33)16-32-28(35)25(39-29(32)36)15-20-11-12-23(24(14-20)37-3)38-17-27(34)31-22-10-5-4-8-19(22)2/h4-15H,16-17H2,1-3H3,(H,30,33)(H,31,34)/b25-15-. The molecule has 0 atom stereocenters. The molecule has 3 aromatic rings. The van der Waals surface area contributed by atoms with Crippen molar-refractivity contribution in [2.24, 2.45) is 0 Å². The molecule has 4 rings (SSSR count). The van der Waals surface area contributed by atoms with Crippen molar-refractivity contribution in [2.75, 3.05) is 30.9 Å². The van der Waals surface area contributed by atoms with Gasteiger partial charge in [0.2, 0.25) is 5.91 Å². The molecule has 0 saturated carbocycles. The van der Waals surface area contributed by atoms with Gasteiger partial charge in [-0.1, -0.05) is 36.4 Å². The SMILES string of the molecule is COc1cc(/C=C2\SC(=O)N(CC(=O)Nc3cccc(C)c3)C2=O)ccc1OCC(=O)Nc1ccccc1C. The molecular weight excluding hydrogens is 518 g/mol. The van der Waals surface area contributed by atoms with E-state index in [1.807, 2.05) is 38.1 Å². The molecule has 1 saturated heterocycles. The Bertz CT molecular complexity index is 1470. The molecule has 4 amide bonds. The Morgan fingerprint density at radius 1 is 0.923 bits per heavy atom. The van der Waals surface area contributed by atoms with E-state index < -0.39 is 23.6 Å². The number of amides is 4. The summed E-state index contributed by atoms with van der Waals surface area (Å²) in [5, 5.41) is 4.97. The predicted octanol–water partition coefficient (Wildman–Crippen LogP) is 5.00. The number of nitrogens with one attached hydrogen (secondary N) is 2. The van der Waals surface area contributed by atoms with Gasteiger partial charge in [-0.2, -0.15) is 0 Å². The summed E-state index contributed by atoms with van der Waals surface area (Å²) in [6, 6.07) is 19.6. The van der Waals surface area contributed by atoms with Crippen LogP contribution in [-0.4, -0.2) is 48.1 Å². The maximum Gasteiger partial charge on any atom is 0.294 e. The molecule has 10 heteroatoms. The van der Waals surface area contributed by atoms with Crippen molar-refractivity contribution in [1.82, 2.24) is 4.90 Å². The lowest BCUT2D eigenvalue weighted by molar-refractivity contribution is -0.127. The predicted molar refractivity (Wildman–Crippen MR) is 151 cm³/mol. The van der Waals surface area contributed by atoms with E-state index in [1.54, 1.807) is 48.5 Å². The Labute approximate surface area is 230 Å². The van der Waals surface area contributed by atoms with Crippen LogP contribution >= 0.6 is 11.8 Å². The first-order chi connectivity index (χ1) is 18.7. The van der Waals surface area contributed by atoms with Gasteiger partial charge in [0.05, 0.1) is 12.0 Å². The molecule has 0 radical (unpaired) electrons. The highest BCUT2D eigenvalue weighted by Gasteiger charge is 2.36. The lowest BCUT2D eigenvalue weighted by atomic mass is 10.2. The normalized spacial score (nSPS) is 13.9. The van der Waals surface area contributed by atoms with E-state index in [0.717, 1.165) is 27.8 Å². The fraction of sp³-hybridized carbons (Fsp3) is 0.172. The largest absolute Gasteiger partial charge is 0.493 e. The van der Waals surface area contributed by atoms with Gasteiger partial charge < -0.3 is 20.1 Å². The van der Waals surface area contributed by atoms with Crippen LogP contribution in [-0.2, 0) is 14.4 Å². The van der Waals surface area contributed by atoms with Crippen LogP contribution in [0.4, 0.5) is 16.2 Å². The molecule has 1 aliphatic heterocycles. The zero-order valence-electron chi connectivity index (χ0n) is 21.6. The second kappa shape index (κ2) is 12.3. The molecule has 0 aliphatic carbocycles. The Morgan fingerprint density at radius 2 is 1.72 bits per heavy atom. The van der Waals surface area contributed by atoms with Crippen LogP contribution < -0.4 is 20.1 Å². The molecule has 1 aliphatic rings. The summed E-state index contributed by atoms with van der Waals surface area (Å²) in [7, 11) is 1.46. The number of thioether (sulfide) groups is 1. The number of carbonyl (C=O) groups is 4. The van der Waals surface area contributed by atoms with Crippen molar-refractivity contribution >= 4 is 52.2 Å². The van der Waals surface area contributed by atoms with Crippen LogP contribution in [0.15, 0.2) is 71.6 Å². The Morgan fingerprint density at radius 3 is 2.46 bits per heavy atom. The van der Waals surface area contributed by atoms with Crippen molar-refractivity contribution < 1.29 is 28.7 Å². The van der Waals surface area contributed by atoms with E-state index in [1.165, 1.54) is 7.11 Å². The zero-order valence-corrected chi connectivity index (χ0v) is 22.5. The molecule has 0 aromatic heterocycles. The van der Waals surface area contributed by atoms with Gasteiger partial charge in [-0.3, -0.25) is 24.1 Å². The number of methoxy groups -OCH3 is 1. The molecule has 9 nitrogen and oxygen atoms in total. The molecule has 3 aromatic carbocycles. The summed E-state index contributed by atoms with van der Waals surface area (Å²) in [6.45, 7) is 3.17. The van der Waals surface area contributed by atoms with Gasteiger partial charge in [0, 0.05) is 11.4 Å². The van der Waals surface area contributed by atoms with Crippen LogP contribution in [0.5, 0.6) is 11.5 Å².